The van der Waals surface area contributed by atoms with Crippen LogP contribution in [0.4, 0.5) is 5.82 Å². The maximum absolute atomic E-state index is 12.5. The van der Waals surface area contributed by atoms with Crippen molar-refractivity contribution < 1.29 is 9.59 Å². The molecule has 0 aromatic carbocycles. The minimum absolute atomic E-state index is 0.0151. The summed E-state index contributed by atoms with van der Waals surface area (Å²) in [4.78, 5) is 31.5. The normalized spacial score (nSPS) is 11.9. The van der Waals surface area contributed by atoms with Crippen LogP contribution in [0.25, 0.3) is 0 Å². The Morgan fingerprint density at radius 3 is 2.64 bits per heavy atom. The fourth-order valence-corrected chi connectivity index (χ4v) is 2.90. The van der Waals surface area contributed by atoms with Crippen LogP contribution in [-0.2, 0) is 11.3 Å². The van der Waals surface area contributed by atoms with Crippen LogP contribution in [0.1, 0.15) is 29.1 Å². The first-order valence-electron chi connectivity index (χ1n) is 8.13. The molecule has 0 saturated heterocycles. The van der Waals surface area contributed by atoms with Crippen LogP contribution in [0.3, 0.4) is 0 Å². The highest BCUT2D eigenvalue weighted by Gasteiger charge is 2.24. The summed E-state index contributed by atoms with van der Waals surface area (Å²) in [5, 5.41) is 7.56. The van der Waals surface area contributed by atoms with E-state index in [0.717, 1.165) is 11.4 Å². The second-order valence-corrected chi connectivity index (χ2v) is 7.25. The molecule has 1 atom stereocenters. The highest BCUT2D eigenvalue weighted by atomic mass is 32.1. The van der Waals surface area contributed by atoms with Crippen molar-refractivity contribution in [3.05, 3.63) is 46.3 Å². The van der Waals surface area contributed by atoms with Gasteiger partial charge >= 0.3 is 0 Å². The lowest BCUT2D eigenvalue weighted by Gasteiger charge is -2.21. The van der Waals surface area contributed by atoms with Gasteiger partial charge in [0.05, 0.1) is 4.88 Å². The van der Waals surface area contributed by atoms with Gasteiger partial charge in [0.1, 0.15) is 11.9 Å². The van der Waals surface area contributed by atoms with E-state index in [-0.39, 0.29) is 17.7 Å². The molecule has 0 fully saturated rings. The zero-order valence-corrected chi connectivity index (χ0v) is 15.8. The summed E-state index contributed by atoms with van der Waals surface area (Å²) >= 11 is 1.36. The Hall–Kier alpha value is -2.41. The number of hydrogen-bond donors (Lipinski definition) is 2. The van der Waals surface area contributed by atoms with E-state index in [2.05, 4.69) is 15.6 Å². The lowest BCUT2D eigenvalue weighted by Crippen LogP contribution is -2.49. The topological polar surface area (TPSA) is 74.3 Å². The third-order valence-electron chi connectivity index (χ3n) is 3.72. The van der Waals surface area contributed by atoms with Gasteiger partial charge in [-0.15, -0.1) is 11.3 Å². The van der Waals surface area contributed by atoms with Gasteiger partial charge in [0.2, 0.25) is 5.91 Å². The smallest absolute Gasteiger partial charge is 0.262 e. The predicted molar refractivity (Wildman–Crippen MR) is 101 cm³/mol. The largest absolute Gasteiger partial charge is 0.363 e. The summed E-state index contributed by atoms with van der Waals surface area (Å²) in [6.45, 7) is 4.21. The second kappa shape index (κ2) is 8.62. The maximum Gasteiger partial charge on any atom is 0.262 e. The van der Waals surface area contributed by atoms with E-state index < -0.39 is 6.04 Å². The van der Waals surface area contributed by atoms with Crippen molar-refractivity contribution >= 4 is 29.0 Å². The average Bonchev–Trinajstić information content (AvgIpc) is 3.12. The average molecular weight is 360 g/mol. The lowest BCUT2D eigenvalue weighted by atomic mass is 10.0. The fraction of sp³-hybridized carbons (Fsp3) is 0.389. The molecule has 25 heavy (non-hydrogen) atoms. The molecule has 0 aliphatic heterocycles. The van der Waals surface area contributed by atoms with Crippen LogP contribution in [0.2, 0.25) is 0 Å². The number of nitrogens with zero attached hydrogens (tertiary/aromatic N) is 2. The third-order valence-corrected chi connectivity index (χ3v) is 4.58. The van der Waals surface area contributed by atoms with Crippen molar-refractivity contribution in [3.63, 3.8) is 0 Å². The van der Waals surface area contributed by atoms with Crippen LogP contribution >= 0.6 is 11.3 Å². The zero-order valence-electron chi connectivity index (χ0n) is 14.9. The molecular formula is C18H24N4O2S. The van der Waals surface area contributed by atoms with Gasteiger partial charge in [0.25, 0.3) is 5.91 Å². The molecule has 0 radical (unpaired) electrons. The highest BCUT2D eigenvalue weighted by Crippen LogP contribution is 2.12. The van der Waals surface area contributed by atoms with Gasteiger partial charge in [0, 0.05) is 26.8 Å². The Labute approximate surface area is 152 Å². The quantitative estimate of drug-likeness (QED) is 0.794. The van der Waals surface area contributed by atoms with Crippen molar-refractivity contribution in [2.75, 3.05) is 19.0 Å². The predicted octanol–water partition coefficient (Wildman–Crippen LogP) is 2.28. The standard InChI is InChI=1S/C18H24N4O2S/c1-12(2)16(21-17(23)14-6-5-9-25-14)18(24)20-11-13-7-8-19-15(10-13)22(3)4/h5-10,12,16H,11H2,1-4H3,(H,20,24)(H,21,23). The molecule has 0 saturated carbocycles. The Balaban J connectivity index is 1.98. The monoisotopic (exact) mass is 360 g/mol. The number of rotatable bonds is 7. The first-order chi connectivity index (χ1) is 11.9. The van der Waals surface area contributed by atoms with Gasteiger partial charge in [-0.25, -0.2) is 4.98 Å². The fourth-order valence-electron chi connectivity index (χ4n) is 2.27. The van der Waals surface area contributed by atoms with Crippen molar-refractivity contribution in [1.29, 1.82) is 0 Å². The molecular weight excluding hydrogens is 336 g/mol. The number of pyridine rings is 1. The van der Waals surface area contributed by atoms with E-state index in [1.807, 2.05) is 56.4 Å². The molecule has 6 nitrogen and oxygen atoms in total. The number of thiophene rings is 1. The summed E-state index contributed by atoms with van der Waals surface area (Å²) in [6, 6.07) is 6.77. The number of carbonyl (C=O) groups is 2. The van der Waals surface area contributed by atoms with Crippen LogP contribution in [-0.4, -0.2) is 36.9 Å². The molecule has 2 aromatic heterocycles. The lowest BCUT2D eigenvalue weighted by molar-refractivity contribution is -0.124. The zero-order chi connectivity index (χ0) is 18.4. The Morgan fingerprint density at radius 1 is 1.28 bits per heavy atom. The summed E-state index contributed by atoms with van der Waals surface area (Å²) in [5.74, 6) is 0.405. The highest BCUT2D eigenvalue weighted by molar-refractivity contribution is 7.12. The summed E-state index contributed by atoms with van der Waals surface area (Å²) < 4.78 is 0. The number of anilines is 1. The molecule has 0 spiro atoms. The van der Waals surface area contributed by atoms with Crippen molar-refractivity contribution in [1.82, 2.24) is 15.6 Å². The van der Waals surface area contributed by atoms with Crippen molar-refractivity contribution in [3.8, 4) is 0 Å². The van der Waals surface area contributed by atoms with E-state index in [0.29, 0.717) is 11.4 Å². The Bertz CT molecular complexity index is 714. The van der Waals surface area contributed by atoms with E-state index in [1.54, 1.807) is 12.3 Å². The van der Waals surface area contributed by atoms with E-state index >= 15 is 0 Å². The van der Waals surface area contributed by atoms with Gasteiger partial charge in [-0.1, -0.05) is 19.9 Å². The van der Waals surface area contributed by atoms with Crippen LogP contribution < -0.4 is 15.5 Å². The molecule has 2 heterocycles. The number of carbonyl (C=O) groups excluding carboxylic acids is 2. The molecule has 2 N–H and O–H groups in total. The van der Waals surface area contributed by atoms with Crippen LogP contribution in [0, 0.1) is 5.92 Å². The van der Waals surface area contributed by atoms with Gasteiger partial charge in [0.15, 0.2) is 0 Å². The van der Waals surface area contributed by atoms with E-state index in [9.17, 15) is 9.59 Å². The van der Waals surface area contributed by atoms with Gasteiger partial charge in [-0.3, -0.25) is 9.59 Å². The third kappa shape index (κ3) is 5.29. The first kappa shape index (κ1) is 18.9. The second-order valence-electron chi connectivity index (χ2n) is 6.31. The molecule has 2 amide bonds. The molecule has 7 heteroatoms. The summed E-state index contributed by atoms with van der Waals surface area (Å²) in [6.07, 6.45) is 1.72. The molecule has 2 aromatic rings. The van der Waals surface area contributed by atoms with Crippen LogP contribution in [0.15, 0.2) is 35.8 Å². The summed E-state index contributed by atoms with van der Waals surface area (Å²) in [7, 11) is 3.83. The number of amides is 2. The Kier molecular flexibility index (Phi) is 6.52. The maximum atomic E-state index is 12.5. The molecule has 0 aliphatic carbocycles. The van der Waals surface area contributed by atoms with Gasteiger partial charge in [-0.2, -0.15) is 0 Å². The van der Waals surface area contributed by atoms with Crippen molar-refractivity contribution in [2.24, 2.45) is 5.92 Å². The number of nitrogens with one attached hydrogen (secondary N) is 2. The number of hydrogen-bond acceptors (Lipinski definition) is 5. The minimum atomic E-state index is -0.579. The first-order valence-corrected chi connectivity index (χ1v) is 9.00. The molecule has 1 unspecified atom stereocenters. The molecule has 2 rings (SSSR count). The van der Waals surface area contributed by atoms with E-state index in [4.69, 9.17) is 0 Å². The minimum Gasteiger partial charge on any atom is -0.363 e. The van der Waals surface area contributed by atoms with Gasteiger partial charge in [-0.05, 0) is 35.1 Å². The van der Waals surface area contributed by atoms with E-state index in [1.165, 1.54) is 11.3 Å². The van der Waals surface area contributed by atoms with Crippen LogP contribution in [0.5, 0.6) is 0 Å². The number of aromatic nitrogens is 1. The molecule has 0 aliphatic rings. The molecule has 134 valence electrons. The SMILES string of the molecule is CC(C)C(NC(=O)c1cccs1)C(=O)NCc1ccnc(N(C)C)c1. The summed E-state index contributed by atoms with van der Waals surface area (Å²) in [5.41, 5.74) is 0.958. The Morgan fingerprint density at radius 2 is 2.04 bits per heavy atom. The van der Waals surface area contributed by atoms with Crippen molar-refractivity contribution in [2.45, 2.75) is 26.4 Å². The molecule has 0 bridgehead atoms. The van der Waals surface area contributed by atoms with Gasteiger partial charge < -0.3 is 15.5 Å².